The van der Waals surface area contributed by atoms with Gasteiger partial charge in [-0.2, -0.15) is 18.4 Å². The van der Waals surface area contributed by atoms with Gasteiger partial charge in [0.25, 0.3) is 0 Å². The molecule has 2 aromatic carbocycles. The lowest BCUT2D eigenvalue weighted by Crippen LogP contribution is -2.27. The minimum absolute atomic E-state index is 0.0376. The third-order valence-corrected chi connectivity index (χ3v) is 5.18. The van der Waals surface area contributed by atoms with E-state index >= 15 is 0 Å². The van der Waals surface area contributed by atoms with Crippen molar-refractivity contribution in [1.29, 1.82) is 5.26 Å². The number of carbonyl (C=O) groups is 1. The van der Waals surface area contributed by atoms with Crippen LogP contribution in [0.3, 0.4) is 0 Å². The molecule has 0 fully saturated rings. The number of aromatic carboxylic acids is 1. The molecule has 0 spiro atoms. The van der Waals surface area contributed by atoms with Crippen molar-refractivity contribution in [3.05, 3.63) is 58.8 Å². The van der Waals surface area contributed by atoms with E-state index in [4.69, 9.17) is 0 Å². The molecule has 0 radical (unpaired) electrons. The molecule has 2 atom stereocenters. The number of aryl methyl sites for hydroxylation is 1. The lowest BCUT2D eigenvalue weighted by Gasteiger charge is -2.20. The van der Waals surface area contributed by atoms with E-state index in [1.54, 1.807) is 24.3 Å². The third-order valence-electron chi connectivity index (χ3n) is 5.18. The fourth-order valence-electron chi connectivity index (χ4n) is 3.34. The molecular weight excluding hydrogens is 435 g/mol. The topological polar surface area (TPSA) is 111 Å². The molecule has 172 valence electrons. The predicted molar refractivity (Wildman–Crippen MR) is 118 cm³/mol. The first-order chi connectivity index (χ1) is 15.5. The Labute approximate surface area is 188 Å². The van der Waals surface area contributed by atoms with E-state index in [-0.39, 0.29) is 17.1 Å². The van der Waals surface area contributed by atoms with Crippen LogP contribution in [-0.4, -0.2) is 33.8 Å². The largest absolute Gasteiger partial charge is 0.478 e. The van der Waals surface area contributed by atoms with Gasteiger partial charge in [0.15, 0.2) is 11.5 Å². The predicted octanol–water partition coefficient (Wildman–Crippen LogP) is 5.29. The van der Waals surface area contributed by atoms with E-state index < -0.39 is 30.7 Å². The second-order valence-electron chi connectivity index (χ2n) is 7.79. The standard InChI is InChI=1S/C23H22F3N5O2/c1-12-8-16(14(3)29-17-7-5-4-6-15(17)22(32)33)20-18(9-12)30-19(10-27)21(31-20)28-11-13(2)23(24,25)26/h4-9,13-14,29H,11H2,1-3H3,(H,28,31)(H,32,33)/t13?,14-/m1/s1. The highest BCUT2D eigenvalue weighted by Gasteiger charge is 2.35. The summed E-state index contributed by atoms with van der Waals surface area (Å²) < 4.78 is 38.7. The van der Waals surface area contributed by atoms with Crippen molar-refractivity contribution in [2.24, 2.45) is 5.92 Å². The minimum Gasteiger partial charge on any atom is -0.478 e. The molecule has 33 heavy (non-hydrogen) atoms. The van der Waals surface area contributed by atoms with Crippen LogP contribution < -0.4 is 10.6 Å². The second-order valence-corrected chi connectivity index (χ2v) is 7.79. The number of carboxylic acid groups (broad SMARTS) is 1. The summed E-state index contributed by atoms with van der Waals surface area (Å²) in [5.74, 6) is -2.76. The van der Waals surface area contributed by atoms with Crippen LogP contribution in [0.2, 0.25) is 0 Å². The summed E-state index contributed by atoms with van der Waals surface area (Å²) in [6.07, 6.45) is -4.39. The number of aromatic nitrogens is 2. The molecule has 3 rings (SSSR count). The Morgan fingerprint density at radius 2 is 1.91 bits per heavy atom. The van der Waals surface area contributed by atoms with E-state index in [0.717, 1.165) is 12.5 Å². The van der Waals surface area contributed by atoms with Gasteiger partial charge in [0.05, 0.1) is 28.6 Å². The minimum atomic E-state index is -4.39. The van der Waals surface area contributed by atoms with Crippen molar-refractivity contribution < 1.29 is 23.1 Å². The van der Waals surface area contributed by atoms with Gasteiger partial charge in [-0.3, -0.25) is 0 Å². The Kier molecular flexibility index (Phi) is 6.72. The first-order valence-corrected chi connectivity index (χ1v) is 10.1. The van der Waals surface area contributed by atoms with Gasteiger partial charge in [0, 0.05) is 17.8 Å². The van der Waals surface area contributed by atoms with Crippen LogP contribution in [0.5, 0.6) is 0 Å². The maximum Gasteiger partial charge on any atom is 0.393 e. The average Bonchev–Trinajstić information content (AvgIpc) is 2.75. The molecule has 0 bridgehead atoms. The molecular formula is C23H22F3N5O2. The molecule has 0 saturated heterocycles. The van der Waals surface area contributed by atoms with Crippen LogP contribution in [0.15, 0.2) is 36.4 Å². The maximum absolute atomic E-state index is 12.9. The molecule has 0 aliphatic carbocycles. The smallest absolute Gasteiger partial charge is 0.393 e. The van der Waals surface area contributed by atoms with Gasteiger partial charge >= 0.3 is 12.1 Å². The monoisotopic (exact) mass is 457 g/mol. The van der Waals surface area contributed by atoms with E-state index in [1.165, 1.54) is 6.07 Å². The van der Waals surface area contributed by atoms with Crippen molar-refractivity contribution >= 4 is 28.5 Å². The number of carboxylic acids is 1. The number of hydrogen-bond acceptors (Lipinski definition) is 6. The lowest BCUT2D eigenvalue weighted by atomic mass is 10.0. The zero-order valence-corrected chi connectivity index (χ0v) is 18.2. The molecule has 1 unspecified atom stereocenters. The highest BCUT2D eigenvalue weighted by Crippen LogP contribution is 2.30. The number of nitrogens with zero attached hydrogens (tertiary/aromatic N) is 3. The molecule has 3 N–H and O–H groups in total. The number of halogens is 3. The molecule has 0 amide bonds. The van der Waals surface area contributed by atoms with Crippen molar-refractivity contribution in [2.45, 2.75) is 33.0 Å². The van der Waals surface area contributed by atoms with Gasteiger partial charge < -0.3 is 15.7 Å². The maximum atomic E-state index is 12.9. The summed E-state index contributed by atoms with van der Waals surface area (Å²) in [5.41, 5.74) is 2.71. The van der Waals surface area contributed by atoms with E-state index in [0.29, 0.717) is 22.3 Å². The van der Waals surface area contributed by atoms with E-state index in [1.807, 2.05) is 26.0 Å². The second kappa shape index (κ2) is 9.32. The molecule has 0 aliphatic rings. The highest BCUT2D eigenvalue weighted by atomic mass is 19.4. The van der Waals surface area contributed by atoms with E-state index in [2.05, 4.69) is 20.6 Å². The van der Waals surface area contributed by atoms with Crippen LogP contribution in [-0.2, 0) is 0 Å². The molecule has 1 aromatic heterocycles. The number of nitriles is 1. The fourth-order valence-corrected chi connectivity index (χ4v) is 3.34. The number of benzene rings is 2. The summed E-state index contributed by atoms with van der Waals surface area (Å²) in [4.78, 5) is 20.3. The van der Waals surface area contributed by atoms with Gasteiger partial charge in [-0.05, 0) is 37.6 Å². The molecule has 0 saturated carbocycles. The Bertz CT molecular complexity index is 1240. The third kappa shape index (κ3) is 5.31. The van der Waals surface area contributed by atoms with Crippen molar-refractivity contribution in [2.75, 3.05) is 17.2 Å². The van der Waals surface area contributed by atoms with Crippen LogP contribution in [0.1, 0.15) is 47.1 Å². The number of anilines is 2. The van der Waals surface area contributed by atoms with E-state index in [9.17, 15) is 28.3 Å². The summed E-state index contributed by atoms with van der Waals surface area (Å²) >= 11 is 0. The number of hydrogen-bond donors (Lipinski definition) is 3. The molecule has 10 heteroatoms. The first-order valence-electron chi connectivity index (χ1n) is 10.1. The van der Waals surface area contributed by atoms with Crippen LogP contribution in [0.4, 0.5) is 24.7 Å². The first kappa shape index (κ1) is 23.8. The summed E-state index contributed by atoms with van der Waals surface area (Å²) in [5, 5.41) is 24.7. The van der Waals surface area contributed by atoms with Gasteiger partial charge in [0.1, 0.15) is 6.07 Å². The fraction of sp³-hybridized carbons (Fsp3) is 0.304. The summed E-state index contributed by atoms with van der Waals surface area (Å²) in [7, 11) is 0. The van der Waals surface area contributed by atoms with Gasteiger partial charge in [-0.25, -0.2) is 14.8 Å². The Hall–Kier alpha value is -3.87. The average molecular weight is 457 g/mol. The van der Waals surface area contributed by atoms with Crippen molar-refractivity contribution in [3.63, 3.8) is 0 Å². The van der Waals surface area contributed by atoms with Gasteiger partial charge in [-0.1, -0.05) is 25.1 Å². The number of nitrogens with one attached hydrogen (secondary N) is 2. The molecule has 7 nitrogen and oxygen atoms in total. The van der Waals surface area contributed by atoms with Gasteiger partial charge in [0.2, 0.25) is 0 Å². The highest BCUT2D eigenvalue weighted by molar-refractivity contribution is 5.94. The number of fused-ring (bicyclic) bond motifs is 1. The molecule has 1 heterocycles. The Morgan fingerprint density at radius 3 is 2.55 bits per heavy atom. The van der Waals surface area contributed by atoms with Gasteiger partial charge in [-0.15, -0.1) is 0 Å². The number of alkyl halides is 3. The number of rotatable bonds is 7. The van der Waals surface area contributed by atoms with Crippen LogP contribution >= 0.6 is 0 Å². The van der Waals surface area contributed by atoms with Crippen molar-refractivity contribution in [3.8, 4) is 6.07 Å². The lowest BCUT2D eigenvalue weighted by molar-refractivity contribution is -0.165. The van der Waals surface area contributed by atoms with Crippen LogP contribution in [0, 0.1) is 24.2 Å². The van der Waals surface area contributed by atoms with Crippen LogP contribution in [0.25, 0.3) is 11.0 Å². The zero-order chi connectivity index (χ0) is 24.3. The summed E-state index contributed by atoms with van der Waals surface area (Å²) in [6.45, 7) is 4.23. The number of para-hydroxylation sites is 1. The zero-order valence-electron chi connectivity index (χ0n) is 18.2. The quantitative estimate of drug-likeness (QED) is 0.442. The van der Waals surface area contributed by atoms with Crippen molar-refractivity contribution in [1.82, 2.24) is 9.97 Å². The normalized spacial score (nSPS) is 13.2. The SMILES string of the molecule is Cc1cc([C@@H](C)Nc2ccccc2C(=O)O)c2nc(NCC(C)C(F)(F)F)c(C#N)nc2c1. The molecule has 3 aromatic rings. The molecule has 0 aliphatic heterocycles. The Morgan fingerprint density at radius 1 is 1.21 bits per heavy atom. The summed E-state index contributed by atoms with van der Waals surface area (Å²) in [6, 6.07) is 11.5. The Balaban J connectivity index is 2.03.